The Bertz CT molecular complexity index is 738. The van der Waals surface area contributed by atoms with E-state index in [9.17, 15) is 4.79 Å². The average Bonchev–Trinajstić information content (AvgIpc) is 2.89. The maximum absolute atomic E-state index is 12.1. The highest BCUT2D eigenvalue weighted by Gasteiger charge is 2.27. The van der Waals surface area contributed by atoms with Gasteiger partial charge in [-0.05, 0) is 39.3 Å². The lowest BCUT2D eigenvalue weighted by molar-refractivity contribution is 0.109. The van der Waals surface area contributed by atoms with E-state index in [1.807, 2.05) is 25.1 Å². The number of fused-ring (bicyclic) bond motifs is 1. The van der Waals surface area contributed by atoms with Crippen molar-refractivity contribution in [3.8, 4) is 5.69 Å². The number of anilines is 1. The molecule has 1 aromatic heterocycles. The molecule has 0 saturated heterocycles. The first kappa shape index (κ1) is 18.3. The Labute approximate surface area is 155 Å². The summed E-state index contributed by atoms with van der Waals surface area (Å²) in [6.45, 7) is 9.74. The van der Waals surface area contributed by atoms with Gasteiger partial charge >= 0.3 is 6.09 Å². The van der Waals surface area contributed by atoms with E-state index >= 15 is 0 Å². The van der Waals surface area contributed by atoms with Crippen LogP contribution in [0, 0.1) is 0 Å². The van der Waals surface area contributed by atoms with Crippen LogP contribution in [0.4, 0.5) is 10.6 Å². The van der Waals surface area contributed by atoms with Crippen LogP contribution in [0.25, 0.3) is 5.69 Å². The van der Waals surface area contributed by atoms with Crippen molar-refractivity contribution in [1.29, 1.82) is 0 Å². The fraction of sp³-hybridized carbons (Fsp3) is 0.500. The summed E-state index contributed by atoms with van der Waals surface area (Å²) in [7, 11) is 0. The quantitative estimate of drug-likeness (QED) is 0.825. The topological polar surface area (TPSA) is 50.6 Å². The molecule has 0 spiro atoms. The number of rotatable bonds is 5. The van der Waals surface area contributed by atoms with Gasteiger partial charge in [0.25, 0.3) is 0 Å². The van der Waals surface area contributed by atoms with E-state index in [-0.39, 0.29) is 6.09 Å². The number of benzene rings is 1. The van der Waals surface area contributed by atoms with Gasteiger partial charge in [-0.1, -0.05) is 18.2 Å². The predicted molar refractivity (Wildman–Crippen MR) is 103 cm³/mol. The predicted octanol–water partition coefficient (Wildman–Crippen LogP) is 3.28. The molecule has 0 N–H and O–H groups in total. The SMILES string of the molecule is CCOC(=O)N1CCc2nn(-c3ccccc3)c(N(CC)CC)c2CC1. The molecule has 0 aliphatic carbocycles. The van der Waals surface area contributed by atoms with Crippen molar-refractivity contribution < 1.29 is 9.53 Å². The van der Waals surface area contributed by atoms with Gasteiger partial charge in [-0.25, -0.2) is 9.48 Å². The van der Waals surface area contributed by atoms with Crippen LogP contribution in [0.3, 0.4) is 0 Å². The third-order valence-electron chi connectivity index (χ3n) is 4.88. The number of hydrogen-bond donors (Lipinski definition) is 0. The Morgan fingerprint density at radius 1 is 1.12 bits per heavy atom. The van der Waals surface area contributed by atoms with E-state index in [4.69, 9.17) is 9.84 Å². The van der Waals surface area contributed by atoms with Gasteiger partial charge in [-0.15, -0.1) is 0 Å². The summed E-state index contributed by atoms with van der Waals surface area (Å²) in [4.78, 5) is 16.3. The van der Waals surface area contributed by atoms with E-state index in [0.717, 1.165) is 43.1 Å². The summed E-state index contributed by atoms with van der Waals surface area (Å²) in [5.74, 6) is 1.15. The molecule has 6 heteroatoms. The van der Waals surface area contributed by atoms with E-state index < -0.39 is 0 Å². The maximum atomic E-state index is 12.1. The highest BCUT2D eigenvalue weighted by molar-refractivity contribution is 5.68. The van der Waals surface area contributed by atoms with Crippen LogP contribution in [0.15, 0.2) is 30.3 Å². The van der Waals surface area contributed by atoms with Gasteiger partial charge in [0.05, 0.1) is 18.0 Å². The molecule has 0 radical (unpaired) electrons. The fourth-order valence-corrected chi connectivity index (χ4v) is 3.54. The minimum absolute atomic E-state index is 0.224. The molecule has 0 unspecified atom stereocenters. The zero-order valence-corrected chi connectivity index (χ0v) is 15.9. The van der Waals surface area contributed by atoms with Gasteiger partial charge < -0.3 is 14.5 Å². The van der Waals surface area contributed by atoms with Crippen LogP contribution < -0.4 is 4.90 Å². The normalized spacial score (nSPS) is 13.9. The lowest BCUT2D eigenvalue weighted by Crippen LogP contribution is -2.34. The van der Waals surface area contributed by atoms with Crippen molar-refractivity contribution in [1.82, 2.24) is 14.7 Å². The van der Waals surface area contributed by atoms with Crippen LogP contribution in [0.2, 0.25) is 0 Å². The molecule has 1 aliphatic heterocycles. The van der Waals surface area contributed by atoms with Gasteiger partial charge in [-0.2, -0.15) is 5.10 Å². The van der Waals surface area contributed by atoms with Gasteiger partial charge in [0.2, 0.25) is 0 Å². The zero-order valence-electron chi connectivity index (χ0n) is 15.9. The van der Waals surface area contributed by atoms with Gasteiger partial charge in [0, 0.05) is 38.2 Å². The minimum Gasteiger partial charge on any atom is -0.450 e. The first-order chi connectivity index (χ1) is 12.7. The van der Waals surface area contributed by atoms with Crippen molar-refractivity contribution in [3.05, 3.63) is 41.6 Å². The first-order valence-corrected chi connectivity index (χ1v) is 9.52. The van der Waals surface area contributed by atoms with E-state index in [0.29, 0.717) is 19.7 Å². The summed E-state index contributed by atoms with van der Waals surface area (Å²) in [6.07, 6.45) is 1.33. The Balaban J connectivity index is 1.97. The molecule has 140 valence electrons. The highest BCUT2D eigenvalue weighted by atomic mass is 16.6. The smallest absolute Gasteiger partial charge is 0.409 e. The number of ether oxygens (including phenoxy) is 1. The Kier molecular flexibility index (Phi) is 5.81. The lowest BCUT2D eigenvalue weighted by Gasteiger charge is -2.24. The second-order valence-corrected chi connectivity index (χ2v) is 6.35. The lowest BCUT2D eigenvalue weighted by atomic mass is 10.1. The number of para-hydroxylation sites is 1. The summed E-state index contributed by atoms with van der Waals surface area (Å²) in [6, 6.07) is 10.3. The van der Waals surface area contributed by atoms with Crippen LogP contribution >= 0.6 is 0 Å². The monoisotopic (exact) mass is 356 g/mol. The van der Waals surface area contributed by atoms with Crippen LogP contribution in [0.1, 0.15) is 32.0 Å². The number of aromatic nitrogens is 2. The second-order valence-electron chi connectivity index (χ2n) is 6.35. The number of amides is 1. The van der Waals surface area contributed by atoms with Crippen molar-refractivity contribution in [2.24, 2.45) is 0 Å². The molecule has 2 heterocycles. The molecule has 0 bridgehead atoms. The fourth-order valence-electron chi connectivity index (χ4n) is 3.54. The van der Waals surface area contributed by atoms with E-state index in [2.05, 4.69) is 35.6 Å². The van der Waals surface area contributed by atoms with E-state index in [1.165, 1.54) is 5.56 Å². The molecule has 0 fully saturated rings. The Hall–Kier alpha value is -2.50. The molecule has 1 aliphatic rings. The molecule has 3 rings (SSSR count). The molecule has 0 saturated carbocycles. The van der Waals surface area contributed by atoms with Crippen molar-refractivity contribution >= 4 is 11.9 Å². The standard InChI is InChI=1S/C20H28N4O2/c1-4-22(5-2)19-17-12-14-23(20(25)26-6-3)15-13-18(17)21-24(19)16-10-8-7-9-11-16/h7-11H,4-6,12-15H2,1-3H3. The molecule has 0 atom stereocenters. The highest BCUT2D eigenvalue weighted by Crippen LogP contribution is 2.30. The third kappa shape index (κ3) is 3.54. The molecule has 1 amide bonds. The Morgan fingerprint density at radius 2 is 1.81 bits per heavy atom. The number of carbonyl (C=O) groups is 1. The maximum Gasteiger partial charge on any atom is 0.409 e. The van der Waals surface area contributed by atoms with Gasteiger partial charge in [0.15, 0.2) is 0 Å². The van der Waals surface area contributed by atoms with Crippen molar-refractivity contribution in [3.63, 3.8) is 0 Å². The molecular formula is C20H28N4O2. The largest absolute Gasteiger partial charge is 0.450 e. The average molecular weight is 356 g/mol. The molecule has 2 aromatic rings. The van der Waals surface area contributed by atoms with Crippen molar-refractivity contribution in [2.75, 3.05) is 37.7 Å². The third-order valence-corrected chi connectivity index (χ3v) is 4.88. The second kappa shape index (κ2) is 8.25. The van der Waals surface area contributed by atoms with E-state index in [1.54, 1.807) is 4.90 Å². The zero-order chi connectivity index (χ0) is 18.5. The first-order valence-electron chi connectivity index (χ1n) is 9.52. The number of nitrogens with zero attached hydrogens (tertiary/aromatic N) is 4. The van der Waals surface area contributed by atoms with Gasteiger partial charge in [0.1, 0.15) is 5.82 Å². The summed E-state index contributed by atoms with van der Waals surface area (Å²) >= 11 is 0. The van der Waals surface area contributed by atoms with Gasteiger partial charge in [-0.3, -0.25) is 0 Å². The van der Waals surface area contributed by atoms with Crippen molar-refractivity contribution in [2.45, 2.75) is 33.6 Å². The molecule has 26 heavy (non-hydrogen) atoms. The summed E-state index contributed by atoms with van der Waals surface area (Å²) in [5, 5.41) is 4.93. The minimum atomic E-state index is -0.224. The van der Waals surface area contributed by atoms with Crippen LogP contribution in [0.5, 0.6) is 0 Å². The Morgan fingerprint density at radius 3 is 2.46 bits per heavy atom. The molecule has 1 aromatic carbocycles. The van der Waals surface area contributed by atoms with Crippen LogP contribution in [-0.4, -0.2) is 53.6 Å². The number of carbonyl (C=O) groups excluding carboxylic acids is 1. The summed E-state index contributed by atoms with van der Waals surface area (Å²) < 4.78 is 7.24. The molecular weight excluding hydrogens is 328 g/mol. The number of hydrogen-bond acceptors (Lipinski definition) is 4. The molecule has 6 nitrogen and oxygen atoms in total. The van der Waals surface area contributed by atoms with Crippen LogP contribution in [-0.2, 0) is 17.6 Å². The summed E-state index contributed by atoms with van der Waals surface area (Å²) in [5.41, 5.74) is 3.41.